The van der Waals surface area contributed by atoms with Crippen LogP contribution in [0.15, 0.2) is 39.6 Å². The SMILES string of the molecule is Oc1cc(-c2nc(-c3ncc[nH]3)no2)ccc1Br. The Morgan fingerprint density at radius 3 is 2.94 bits per heavy atom. The van der Waals surface area contributed by atoms with Crippen LogP contribution in [0.5, 0.6) is 5.75 Å². The van der Waals surface area contributed by atoms with E-state index in [1.54, 1.807) is 30.6 Å². The summed E-state index contributed by atoms with van der Waals surface area (Å²) in [4.78, 5) is 11.1. The molecule has 0 amide bonds. The molecule has 0 radical (unpaired) electrons. The molecular weight excluding hydrogens is 300 g/mol. The van der Waals surface area contributed by atoms with E-state index in [1.807, 2.05) is 0 Å². The van der Waals surface area contributed by atoms with E-state index >= 15 is 0 Å². The van der Waals surface area contributed by atoms with Crippen molar-refractivity contribution in [1.29, 1.82) is 0 Å². The zero-order valence-corrected chi connectivity index (χ0v) is 10.5. The molecule has 1 aromatic carbocycles. The van der Waals surface area contributed by atoms with Gasteiger partial charge in [0.05, 0.1) is 4.47 Å². The summed E-state index contributed by atoms with van der Waals surface area (Å²) in [6.45, 7) is 0. The van der Waals surface area contributed by atoms with E-state index in [-0.39, 0.29) is 5.75 Å². The maximum atomic E-state index is 9.60. The number of imidazole rings is 1. The van der Waals surface area contributed by atoms with Gasteiger partial charge < -0.3 is 14.6 Å². The fraction of sp³-hybridized carbons (Fsp3) is 0. The van der Waals surface area contributed by atoms with Crippen molar-refractivity contribution in [3.05, 3.63) is 35.1 Å². The van der Waals surface area contributed by atoms with Crippen LogP contribution in [-0.2, 0) is 0 Å². The van der Waals surface area contributed by atoms with E-state index in [1.165, 1.54) is 0 Å². The molecule has 0 aliphatic carbocycles. The predicted molar refractivity (Wildman–Crippen MR) is 66.7 cm³/mol. The van der Waals surface area contributed by atoms with Crippen molar-refractivity contribution in [2.45, 2.75) is 0 Å². The average Bonchev–Trinajstić information content (AvgIpc) is 3.01. The fourth-order valence-electron chi connectivity index (χ4n) is 1.47. The Morgan fingerprint density at radius 1 is 1.33 bits per heavy atom. The van der Waals surface area contributed by atoms with Gasteiger partial charge in [0.2, 0.25) is 5.82 Å². The molecule has 6 nitrogen and oxygen atoms in total. The number of hydrogen-bond donors (Lipinski definition) is 2. The molecule has 7 heteroatoms. The van der Waals surface area contributed by atoms with Crippen molar-refractivity contribution < 1.29 is 9.63 Å². The molecule has 0 aliphatic heterocycles. The Labute approximate surface area is 110 Å². The number of phenolic OH excluding ortho intramolecular Hbond substituents is 1. The number of nitrogens with zero attached hydrogens (tertiary/aromatic N) is 3. The highest BCUT2D eigenvalue weighted by Crippen LogP contribution is 2.29. The summed E-state index contributed by atoms with van der Waals surface area (Å²) in [5.74, 6) is 1.35. The summed E-state index contributed by atoms with van der Waals surface area (Å²) in [5, 5.41) is 13.4. The number of aromatic nitrogens is 4. The zero-order valence-electron chi connectivity index (χ0n) is 8.96. The van der Waals surface area contributed by atoms with E-state index in [0.29, 0.717) is 27.6 Å². The summed E-state index contributed by atoms with van der Waals surface area (Å²) >= 11 is 3.21. The molecule has 2 aromatic heterocycles. The van der Waals surface area contributed by atoms with Crippen molar-refractivity contribution in [2.24, 2.45) is 0 Å². The first kappa shape index (κ1) is 11.0. The van der Waals surface area contributed by atoms with Gasteiger partial charge in [-0.05, 0) is 34.1 Å². The van der Waals surface area contributed by atoms with E-state index in [0.717, 1.165) is 0 Å². The topological polar surface area (TPSA) is 87.8 Å². The number of aromatic amines is 1. The van der Waals surface area contributed by atoms with Crippen LogP contribution in [0.1, 0.15) is 0 Å². The zero-order chi connectivity index (χ0) is 12.5. The van der Waals surface area contributed by atoms with Gasteiger partial charge in [0.25, 0.3) is 5.89 Å². The largest absolute Gasteiger partial charge is 0.507 e. The van der Waals surface area contributed by atoms with Gasteiger partial charge in [-0.1, -0.05) is 5.16 Å². The summed E-state index contributed by atoms with van der Waals surface area (Å²) in [7, 11) is 0. The van der Waals surface area contributed by atoms with Gasteiger partial charge in [-0.2, -0.15) is 4.98 Å². The van der Waals surface area contributed by atoms with Crippen molar-refractivity contribution in [3.63, 3.8) is 0 Å². The molecule has 3 rings (SSSR count). The highest BCUT2D eigenvalue weighted by atomic mass is 79.9. The van der Waals surface area contributed by atoms with Gasteiger partial charge in [-0.25, -0.2) is 4.98 Å². The third kappa shape index (κ3) is 1.88. The van der Waals surface area contributed by atoms with Gasteiger partial charge >= 0.3 is 0 Å². The minimum atomic E-state index is 0.116. The van der Waals surface area contributed by atoms with E-state index in [4.69, 9.17) is 4.52 Å². The number of rotatable bonds is 2. The molecule has 0 bridgehead atoms. The summed E-state index contributed by atoms with van der Waals surface area (Å²) in [6, 6.07) is 5.02. The third-order valence-corrected chi connectivity index (χ3v) is 3.00. The normalized spacial score (nSPS) is 10.7. The summed E-state index contributed by atoms with van der Waals surface area (Å²) in [6.07, 6.45) is 3.29. The highest BCUT2D eigenvalue weighted by molar-refractivity contribution is 9.10. The molecule has 0 atom stereocenters. The number of benzene rings is 1. The van der Waals surface area contributed by atoms with Crippen molar-refractivity contribution in [2.75, 3.05) is 0 Å². The van der Waals surface area contributed by atoms with Gasteiger partial charge in [0, 0.05) is 18.0 Å². The highest BCUT2D eigenvalue weighted by Gasteiger charge is 2.13. The second-order valence-electron chi connectivity index (χ2n) is 3.53. The monoisotopic (exact) mass is 306 g/mol. The molecule has 18 heavy (non-hydrogen) atoms. The first-order chi connectivity index (χ1) is 8.74. The average molecular weight is 307 g/mol. The molecular formula is C11H7BrN4O2. The summed E-state index contributed by atoms with van der Waals surface area (Å²) < 4.78 is 5.73. The number of aromatic hydroxyl groups is 1. The Morgan fingerprint density at radius 2 is 2.22 bits per heavy atom. The van der Waals surface area contributed by atoms with Gasteiger partial charge in [0.15, 0.2) is 5.82 Å². The molecule has 3 aromatic rings. The Bertz CT molecular complexity index is 678. The smallest absolute Gasteiger partial charge is 0.258 e. The van der Waals surface area contributed by atoms with Crippen molar-refractivity contribution >= 4 is 15.9 Å². The van der Waals surface area contributed by atoms with Gasteiger partial charge in [-0.15, -0.1) is 0 Å². The molecule has 2 heterocycles. The maximum Gasteiger partial charge on any atom is 0.258 e. The number of halogens is 1. The third-order valence-electron chi connectivity index (χ3n) is 2.33. The molecule has 90 valence electrons. The van der Waals surface area contributed by atoms with Crippen LogP contribution in [0, 0.1) is 0 Å². The molecule has 0 saturated carbocycles. The standard InChI is InChI=1S/C11H7BrN4O2/c12-7-2-1-6(5-8(7)17)11-15-10(16-18-11)9-13-3-4-14-9/h1-5,17H,(H,13,14). The van der Waals surface area contributed by atoms with Gasteiger partial charge in [-0.3, -0.25) is 0 Å². The molecule has 0 saturated heterocycles. The Kier molecular flexibility index (Phi) is 2.60. The van der Waals surface area contributed by atoms with E-state index < -0.39 is 0 Å². The lowest BCUT2D eigenvalue weighted by Crippen LogP contribution is -1.83. The maximum absolute atomic E-state index is 9.60. The Balaban J connectivity index is 2.00. The van der Waals surface area contributed by atoms with Crippen LogP contribution in [0.25, 0.3) is 23.1 Å². The van der Waals surface area contributed by atoms with Crippen LogP contribution in [0.3, 0.4) is 0 Å². The minimum absolute atomic E-state index is 0.116. The summed E-state index contributed by atoms with van der Waals surface area (Å²) in [5.41, 5.74) is 0.640. The quantitative estimate of drug-likeness (QED) is 0.760. The molecule has 0 spiro atoms. The van der Waals surface area contributed by atoms with Crippen LogP contribution in [-0.4, -0.2) is 25.2 Å². The first-order valence-electron chi connectivity index (χ1n) is 5.06. The fourth-order valence-corrected chi connectivity index (χ4v) is 1.72. The molecule has 0 fully saturated rings. The number of phenols is 1. The predicted octanol–water partition coefficient (Wildman–Crippen LogP) is 2.59. The van der Waals surface area contributed by atoms with E-state index in [2.05, 4.69) is 36.0 Å². The number of hydrogen-bond acceptors (Lipinski definition) is 5. The second kappa shape index (κ2) is 4.26. The van der Waals surface area contributed by atoms with Crippen LogP contribution in [0.4, 0.5) is 0 Å². The van der Waals surface area contributed by atoms with Crippen LogP contribution >= 0.6 is 15.9 Å². The number of nitrogens with one attached hydrogen (secondary N) is 1. The van der Waals surface area contributed by atoms with E-state index in [9.17, 15) is 5.11 Å². The molecule has 2 N–H and O–H groups in total. The number of H-pyrrole nitrogens is 1. The molecule has 0 aliphatic rings. The lowest BCUT2D eigenvalue weighted by molar-refractivity contribution is 0.431. The Hall–Kier alpha value is -2.15. The van der Waals surface area contributed by atoms with Crippen LogP contribution in [0.2, 0.25) is 0 Å². The van der Waals surface area contributed by atoms with Crippen LogP contribution < -0.4 is 0 Å². The van der Waals surface area contributed by atoms with Crippen molar-refractivity contribution in [3.8, 4) is 28.9 Å². The molecule has 0 unspecified atom stereocenters. The minimum Gasteiger partial charge on any atom is -0.507 e. The lowest BCUT2D eigenvalue weighted by atomic mass is 10.2. The lowest BCUT2D eigenvalue weighted by Gasteiger charge is -1.97. The van der Waals surface area contributed by atoms with Crippen molar-refractivity contribution in [1.82, 2.24) is 20.1 Å². The first-order valence-corrected chi connectivity index (χ1v) is 5.85. The second-order valence-corrected chi connectivity index (χ2v) is 4.38. The van der Waals surface area contributed by atoms with Gasteiger partial charge in [0.1, 0.15) is 5.75 Å².